The molecule has 31 heavy (non-hydrogen) atoms. The number of aryl methyl sites for hydroxylation is 3. The van der Waals surface area contributed by atoms with Gasteiger partial charge in [0.15, 0.2) is 16.6 Å². The number of nitrogens with zero attached hydrogens (tertiary/aromatic N) is 2. The van der Waals surface area contributed by atoms with Crippen LogP contribution in [0.2, 0.25) is 0 Å². The molecule has 1 aliphatic rings. The molecular weight excluding hydrogens is 406 g/mol. The third kappa shape index (κ3) is 5.20. The molecule has 1 aliphatic carbocycles. The van der Waals surface area contributed by atoms with Gasteiger partial charge in [0.1, 0.15) is 6.61 Å². The number of hydrogen-bond donors (Lipinski definition) is 1. The zero-order valence-corrected chi connectivity index (χ0v) is 19.2. The fraction of sp³-hybridized carbons (Fsp3) is 0.400. The highest BCUT2D eigenvalue weighted by Crippen LogP contribution is 2.34. The molecule has 5 nitrogen and oxygen atoms in total. The van der Waals surface area contributed by atoms with Crippen molar-refractivity contribution in [1.29, 1.82) is 0 Å². The molecule has 0 amide bonds. The summed E-state index contributed by atoms with van der Waals surface area (Å²) in [5.41, 5.74) is 10.8. The van der Waals surface area contributed by atoms with E-state index < -0.39 is 0 Å². The molecule has 0 saturated heterocycles. The summed E-state index contributed by atoms with van der Waals surface area (Å²) in [6.45, 7) is 4.74. The number of benzene rings is 2. The van der Waals surface area contributed by atoms with Crippen molar-refractivity contribution >= 4 is 16.5 Å². The normalized spacial score (nSPS) is 13.0. The highest BCUT2D eigenvalue weighted by molar-refractivity contribution is 7.15. The summed E-state index contributed by atoms with van der Waals surface area (Å²) in [5, 5.41) is 1.08. The monoisotopic (exact) mass is 437 g/mol. The quantitative estimate of drug-likeness (QED) is 0.517. The summed E-state index contributed by atoms with van der Waals surface area (Å²) < 4.78 is 11.7. The van der Waals surface area contributed by atoms with Crippen LogP contribution in [0.4, 0.5) is 5.13 Å². The molecule has 0 aliphatic heterocycles. The molecule has 164 valence electrons. The van der Waals surface area contributed by atoms with Crippen LogP contribution in [0.25, 0.3) is 0 Å². The second-order valence-corrected chi connectivity index (χ2v) is 9.05. The highest BCUT2D eigenvalue weighted by Gasteiger charge is 2.19. The van der Waals surface area contributed by atoms with Crippen molar-refractivity contribution in [2.75, 3.05) is 25.1 Å². The van der Waals surface area contributed by atoms with Crippen molar-refractivity contribution < 1.29 is 9.47 Å². The molecule has 0 unspecified atom stereocenters. The van der Waals surface area contributed by atoms with Crippen LogP contribution >= 0.6 is 11.3 Å². The van der Waals surface area contributed by atoms with Gasteiger partial charge in [0.2, 0.25) is 0 Å². The molecule has 6 heteroatoms. The fourth-order valence-corrected chi connectivity index (χ4v) is 5.12. The first-order valence-electron chi connectivity index (χ1n) is 11.0. The lowest BCUT2D eigenvalue weighted by Crippen LogP contribution is -2.28. The second kappa shape index (κ2) is 10.2. The average Bonchev–Trinajstić information content (AvgIpc) is 3.23. The van der Waals surface area contributed by atoms with Gasteiger partial charge in [0.05, 0.1) is 12.8 Å². The minimum Gasteiger partial charge on any atom is -0.493 e. The molecule has 0 saturated carbocycles. The van der Waals surface area contributed by atoms with Crippen LogP contribution in [0, 0.1) is 6.92 Å². The minimum atomic E-state index is 0.520. The van der Waals surface area contributed by atoms with E-state index in [9.17, 15) is 0 Å². The van der Waals surface area contributed by atoms with Gasteiger partial charge in [-0.15, -0.1) is 11.3 Å². The number of thiazole rings is 1. The summed E-state index contributed by atoms with van der Waals surface area (Å²) >= 11 is 1.83. The van der Waals surface area contributed by atoms with Crippen molar-refractivity contribution in [2.24, 2.45) is 5.73 Å². The smallest absolute Gasteiger partial charge is 0.186 e. The molecule has 2 N–H and O–H groups in total. The first-order chi connectivity index (χ1) is 15.2. The Morgan fingerprint density at radius 2 is 1.94 bits per heavy atom. The van der Waals surface area contributed by atoms with Gasteiger partial charge in [-0.25, -0.2) is 4.98 Å². The standard InChI is InChI=1S/C25H31N3O2S/c1-18-7-3-4-8-20(18)17-30-22-12-11-19(15-23(22)29-2)16-28(14-13-26)25-27-21-9-5-6-10-24(21)31-25/h3-4,7-8,11-12,15H,5-6,9-10,13-14,16-17,26H2,1-2H3. The molecule has 2 aromatic carbocycles. The van der Waals surface area contributed by atoms with Crippen LogP contribution in [0.15, 0.2) is 42.5 Å². The Hall–Kier alpha value is -2.57. The summed E-state index contributed by atoms with van der Waals surface area (Å²) in [7, 11) is 1.69. The van der Waals surface area contributed by atoms with Crippen LogP contribution in [-0.4, -0.2) is 25.2 Å². The summed E-state index contributed by atoms with van der Waals surface area (Å²) in [6, 6.07) is 14.4. The first-order valence-corrected chi connectivity index (χ1v) is 11.8. The third-order valence-electron chi connectivity index (χ3n) is 5.75. The van der Waals surface area contributed by atoms with Crippen LogP contribution in [0.5, 0.6) is 11.5 Å². The van der Waals surface area contributed by atoms with Crippen LogP contribution in [0.1, 0.15) is 40.1 Å². The zero-order chi connectivity index (χ0) is 21.6. The average molecular weight is 438 g/mol. The number of hydrogen-bond acceptors (Lipinski definition) is 6. The zero-order valence-electron chi connectivity index (χ0n) is 18.4. The van der Waals surface area contributed by atoms with Gasteiger partial charge in [-0.3, -0.25) is 0 Å². The number of anilines is 1. The Bertz CT molecular complexity index is 994. The Morgan fingerprint density at radius 1 is 1.10 bits per heavy atom. The maximum absolute atomic E-state index is 6.07. The number of methoxy groups -OCH3 is 1. The van der Waals surface area contributed by atoms with E-state index in [4.69, 9.17) is 20.2 Å². The van der Waals surface area contributed by atoms with Gasteiger partial charge in [0.25, 0.3) is 0 Å². The van der Waals surface area contributed by atoms with E-state index >= 15 is 0 Å². The third-order valence-corrected chi connectivity index (χ3v) is 6.97. The van der Waals surface area contributed by atoms with Crippen molar-refractivity contribution in [2.45, 2.75) is 45.8 Å². The first kappa shape index (κ1) is 21.7. The van der Waals surface area contributed by atoms with E-state index in [0.29, 0.717) is 13.2 Å². The molecule has 0 fully saturated rings. The topological polar surface area (TPSA) is 60.6 Å². The van der Waals surface area contributed by atoms with Crippen molar-refractivity contribution in [1.82, 2.24) is 4.98 Å². The van der Waals surface area contributed by atoms with E-state index in [1.807, 2.05) is 29.5 Å². The second-order valence-electron chi connectivity index (χ2n) is 7.98. The molecule has 0 radical (unpaired) electrons. The lowest BCUT2D eigenvalue weighted by Gasteiger charge is -2.22. The number of ether oxygens (including phenoxy) is 2. The Morgan fingerprint density at radius 3 is 2.71 bits per heavy atom. The lowest BCUT2D eigenvalue weighted by atomic mass is 10.0. The van der Waals surface area contributed by atoms with Gasteiger partial charge in [0, 0.05) is 24.5 Å². The van der Waals surface area contributed by atoms with Gasteiger partial charge >= 0.3 is 0 Å². The number of aromatic nitrogens is 1. The predicted octanol–water partition coefficient (Wildman–Crippen LogP) is 4.88. The predicted molar refractivity (Wildman–Crippen MR) is 127 cm³/mol. The Balaban J connectivity index is 1.49. The number of rotatable bonds is 9. The highest BCUT2D eigenvalue weighted by atomic mass is 32.1. The lowest BCUT2D eigenvalue weighted by molar-refractivity contribution is 0.283. The maximum Gasteiger partial charge on any atom is 0.186 e. The van der Waals surface area contributed by atoms with E-state index in [2.05, 4.69) is 36.1 Å². The van der Waals surface area contributed by atoms with E-state index in [1.165, 1.54) is 34.5 Å². The Labute approximate surface area is 188 Å². The van der Waals surface area contributed by atoms with Crippen molar-refractivity contribution in [3.63, 3.8) is 0 Å². The molecule has 1 aromatic heterocycles. The molecule has 0 atom stereocenters. The van der Waals surface area contributed by atoms with Crippen molar-refractivity contribution in [3.05, 3.63) is 69.7 Å². The van der Waals surface area contributed by atoms with Crippen LogP contribution < -0.4 is 20.1 Å². The van der Waals surface area contributed by atoms with Gasteiger partial charge in [-0.1, -0.05) is 30.3 Å². The maximum atomic E-state index is 6.07. The molecule has 4 rings (SSSR count). The van der Waals surface area contributed by atoms with E-state index in [1.54, 1.807) is 7.11 Å². The van der Waals surface area contributed by atoms with Gasteiger partial charge < -0.3 is 20.1 Å². The number of fused-ring (bicyclic) bond motifs is 1. The molecular formula is C25H31N3O2S. The molecule has 0 bridgehead atoms. The van der Waals surface area contributed by atoms with Crippen LogP contribution in [0.3, 0.4) is 0 Å². The van der Waals surface area contributed by atoms with Crippen LogP contribution in [-0.2, 0) is 26.0 Å². The number of nitrogens with two attached hydrogens (primary N) is 1. The summed E-state index contributed by atoms with van der Waals surface area (Å²) in [5.74, 6) is 1.50. The van der Waals surface area contributed by atoms with Crippen molar-refractivity contribution in [3.8, 4) is 11.5 Å². The van der Waals surface area contributed by atoms with E-state index in [-0.39, 0.29) is 0 Å². The SMILES string of the molecule is COc1cc(CN(CCN)c2nc3c(s2)CCCC3)ccc1OCc1ccccc1C. The molecule has 1 heterocycles. The molecule has 3 aromatic rings. The Kier molecular flexibility index (Phi) is 7.10. The van der Waals surface area contributed by atoms with Gasteiger partial charge in [-0.05, 0) is 61.4 Å². The summed E-state index contributed by atoms with van der Waals surface area (Å²) in [4.78, 5) is 8.66. The largest absolute Gasteiger partial charge is 0.493 e. The fourth-order valence-electron chi connectivity index (χ4n) is 3.95. The van der Waals surface area contributed by atoms with E-state index in [0.717, 1.165) is 48.1 Å². The minimum absolute atomic E-state index is 0.520. The molecule has 0 spiro atoms. The van der Waals surface area contributed by atoms with Gasteiger partial charge in [-0.2, -0.15) is 0 Å². The summed E-state index contributed by atoms with van der Waals surface area (Å²) in [6.07, 6.45) is 4.77.